The average Bonchev–Trinajstić information content (AvgIpc) is 2.35. The summed E-state index contributed by atoms with van der Waals surface area (Å²) in [6, 6.07) is 0.759. The molecule has 0 unspecified atom stereocenters. The fourth-order valence-electron chi connectivity index (χ4n) is 3.78. The minimum absolute atomic E-state index is 0.309. The van der Waals surface area contributed by atoms with Crippen LogP contribution in [0.15, 0.2) is 0 Å². The van der Waals surface area contributed by atoms with Crippen LogP contribution >= 0.6 is 0 Å². The molecular formula is C18H38N2. The number of likely N-dealkylation sites (tertiary alicyclic amines) is 1. The van der Waals surface area contributed by atoms with Crippen molar-refractivity contribution in [2.75, 3.05) is 20.1 Å². The number of rotatable bonds is 7. The first-order valence-corrected chi connectivity index (χ1v) is 8.72. The molecule has 1 rings (SSSR count). The summed E-state index contributed by atoms with van der Waals surface area (Å²) in [6.07, 6.45) is 7.92. The Kier molecular flexibility index (Phi) is 6.53. The molecule has 0 N–H and O–H groups in total. The molecule has 0 aromatic heterocycles. The maximum atomic E-state index is 2.80. The Morgan fingerprint density at radius 3 is 1.65 bits per heavy atom. The van der Waals surface area contributed by atoms with Crippen LogP contribution in [0.5, 0.6) is 0 Å². The summed E-state index contributed by atoms with van der Waals surface area (Å²) in [4.78, 5) is 5.39. The van der Waals surface area contributed by atoms with Crippen LogP contribution < -0.4 is 0 Å². The zero-order valence-corrected chi connectivity index (χ0v) is 15.1. The molecule has 1 aliphatic rings. The quantitative estimate of drug-likeness (QED) is 0.676. The van der Waals surface area contributed by atoms with Gasteiger partial charge in [0.25, 0.3) is 0 Å². The van der Waals surface area contributed by atoms with E-state index in [1.54, 1.807) is 0 Å². The van der Waals surface area contributed by atoms with Crippen LogP contribution in [0, 0.1) is 0 Å². The fraction of sp³-hybridized carbons (Fsp3) is 1.00. The van der Waals surface area contributed by atoms with Crippen LogP contribution in [-0.4, -0.2) is 47.1 Å². The molecule has 1 fully saturated rings. The van der Waals surface area contributed by atoms with Gasteiger partial charge in [0.2, 0.25) is 0 Å². The summed E-state index contributed by atoms with van der Waals surface area (Å²) in [5.41, 5.74) is 0.617. The zero-order valence-electron chi connectivity index (χ0n) is 15.1. The molecule has 0 atom stereocenters. The van der Waals surface area contributed by atoms with Crippen molar-refractivity contribution < 1.29 is 0 Å². The smallest absolute Gasteiger partial charge is 0.0170 e. The SMILES string of the molecule is CCCCN(CCCC)C1CC(C)(C)N(C)C(C)(C)C1. The number of hydrogen-bond donors (Lipinski definition) is 0. The van der Waals surface area contributed by atoms with E-state index in [1.165, 1.54) is 51.6 Å². The topological polar surface area (TPSA) is 6.48 Å². The molecule has 0 bridgehead atoms. The summed E-state index contributed by atoms with van der Waals surface area (Å²) in [6.45, 7) is 16.9. The van der Waals surface area contributed by atoms with Gasteiger partial charge in [-0.3, -0.25) is 4.90 Å². The van der Waals surface area contributed by atoms with Gasteiger partial charge in [0.1, 0.15) is 0 Å². The Balaban J connectivity index is 2.79. The molecule has 0 amide bonds. The monoisotopic (exact) mass is 282 g/mol. The summed E-state index contributed by atoms with van der Waals surface area (Å²) in [7, 11) is 2.30. The molecule has 1 heterocycles. The lowest BCUT2D eigenvalue weighted by Gasteiger charge is -2.55. The van der Waals surface area contributed by atoms with Crippen LogP contribution in [-0.2, 0) is 0 Å². The second-order valence-corrected chi connectivity index (χ2v) is 7.99. The second kappa shape index (κ2) is 7.26. The van der Waals surface area contributed by atoms with E-state index in [0.29, 0.717) is 11.1 Å². The van der Waals surface area contributed by atoms with Crippen molar-refractivity contribution >= 4 is 0 Å². The van der Waals surface area contributed by atoms with Crippen molar-refractivity contribution in [2.45, 2.75) is 97.2 Å². The van der Waals surface area contributed by atoms with Gasteiger partial charge < -0.3 is 4.90 Å². The van der Waals surface area contributed by atoms with Crippen molar-refractivity contribution in [1.82, 2.24) is 9.80 Å². The Morgan fingerprint density at radius 2 is 1.30 bits per heavy atom. The minimum Gasteiger partial charge on any atom is -0.300 e. The lowest BCUT2D eigenvalue weighted by atomic mass is 9.77. The molecule has 0 spiro atoms. The van der Waals surface area contributed by atoms with Gasteiger partial charge in [0, 0.05) is 17.1 Å². The highest BCUT2D eigenvalue weighted by Gasteiger charge is 2.44. The molecule has 0 aliphatic carbocycles. The average molecular weight is 283 g/mol. The van der Waals surface area contributed by atoms with Crippen molar-refractivity contribution in [3.8, 4) is 0 Å². The minimum atomic E-state index is 0.309. The summed E-state index contributed by atoms with van der Waals surface area (Å²) in [5.74, 6) is 0. The van der Waals surface area contributed by atoms with E-state index in [-0.39, 0.29) is 0 Å². The van der Waals surface area contributed by atoms with Gasteiger partial charge in [-0.1, -0.05) is 26.7 Å². The van der Waals surface area contributed by atoms with Crippen molar-refractivity contribution in [3.63, 3.8) is 0 Å². The van der Waals surface area contributed by atoms with Crippen LogP contribution in [0.2, 0.25) is 0 Å². The van der Waals surface area contributed by atoms with E-state index < -0.39 is 0 Å². The van der Waals surface area contributed by atoms with E-state index >= 15 is 0 Å². The van der Waals surface area contributed by atoms with Gasteiger partial charge in [-0.05, 0) is 73.5 Å². The number of piperidine rings is 1. The van der Waals surface area contributed by atoms with Crippen molar-refractivity contribution in [3.05, 3.63) is 0 Å². The van der Waals surface area contributed by atoms with Gasteiger partial charge in [-0.2, -0.15) is 0 Å². The normalized spacial score (nSPS) is 23.4. The molecular weight excluding hydrogens is 244 g/mol. The van der Waals surface area contributed by atoms with Crippen LogP contribution in [0.4, 0.5) is 0 Å². The highest BCUT2D eigenvalue weighted by Crippen LogP contribution is 2.39. The molecule has 0 aromatic rings. The van der Waals surface area contributed by atoms with E-state index in [0.717, 1.165) is 6.04 Å². The van der Waals surface area contributed by atoms with Crippen molar-refractivity contribution in [2.24, 2.45) is 0 Å². The molecule has 0 saturated carbocycles. The van der Waals surface area contributed by atoms with Crippen LogP contribution in [0.1, 0.15) is 80.1 Å². The van der Waals surface area contributed by atoms with E-state index in [4.69, 9.17) is 0 Å². The maximum absolute atomic E-state index is 2.80. The Labute approximate surface area is 127 Å². The summed E-state index contributed by atoms with van der Waals surface area (Å²) < 4.78 is 0. The Bertz CT molecular complexity index is 257. The van der Waals surface area contributed by atoms with Crippen molar-refractivity contribution in [1.29, 1.82) is 0 Å². The molecule has 0 radical (unpaired) electrons. The molecule has 2 heteroatoms. The van der Waals surface area contributed by atoms with Crippen LogP contribution in [0.25, 0.3) is 0 Å². The number of unbranched alkanes of at least 4 members (excludes halogenated alkanes) is 2. The zero-order chi connectivity index (χ0) is 15.4. The van der Waals surface area contributed by atoms with E-state index in [2.05, 4.69) is 58.4 Å². The third kappa shape index (κ3) is 4.46. The van der Waals surface area contributed by atoms with Gasteiger partial charge in [-0.25, -0.2) is 0 Å². The maximum Gasteiger partial charge on any atom is 0.0170 e. The second-order valence-electron chi connectivity index (χ2n) is 7.99. The first kappa shape index (κ1) is 18.0. The molecule has 2 nitrogen and oxygen atoms in total. The molecule has 1 saturated heterocycles. The Morgan fingerprint density at radius 1 is 0.900 bits per heavy atom. The first-order valence-electron chi connectivity index (χ1n) is 8.72. The van der Waals surface area contributed by atoms with Gasteiger partial charge in [-0.15, -0.1) is 0 Å². The summed E-state index contributed by atoms with van der Waals surface area (Å²) >= 11 is 0. The molecule has 120 valence electrons. The third-order valence-corrected chi connectivity index (χ3v) is 5.40. The largest absolute Gasteiger partial charge is 0.300 e. The predicted molar refractivity (Wildman–Crippen MR) is 90.3 cm³/mol. The molecule has 20 heavy (non-hydrogen) atoms. The standard InChI is InChI=1S/C18H38N2/c1-8-10-12-20(13-11-9-2)16-14-17(3,4)19(7)18(5,6)15-16/h16H,8-15H2,1-7H3. The van der Waals surface area contributed by atoms with E-state index in [1.807, 2.05) is 0 Å². The number of hydrogen-bond acceptors (Lipinski definition) is 2. The fourth-order valence-corrected chi connectivity index (χ4v) is 3.78. The lowest BCUT2D eigenvalue weighted by molar-refractivity contribution is -0.0479. The van der Waals surface area contributed by atoms with Gasteiger partial charge >= 0.3 is 0 Å². The highest BCUT2D eigenvalue weighted by atomic mass is 15.3. The van der Waals surface area contributed by atoms with E-state index in [9.17, 15) is 0 Å². The predicted octanol–water partition coefficient (Wildman–Crippen LogP) is 4.54. The van der Waals surface area contributed by atoms with Gasteiger partial charge in [0.15, 0.2) is 0 Å². The van der Waals surface area contributed by atoms with Crippen LogP contribution in [0.3, 0.4) is 0 Å². The highest BCUT2D eigenvalue weighted by molar-refractivity contribution is 5.01. The lowest BCUT2D eigenvalue weighted by Crippen LogP contribution is -2.62. The molecule has 1 aliphatic heterocycles. The Hall–Kier alpha value is -0.0800. The third-order valence-electron chi connectivity index (χ3n) is 5.40. The number of nitrogens with zero attached hydrogens (tertiary/aromatic N) is 2. The summed E-state index contributed by atoms with van der Waals surface area (Å²) in [5, 5.41) is 0. The first-order chi connectivity index (χ1) is 9.24. The van der Waals surface area contributed by atoms with Gasteiger partial charge in [0.05, 0.1) is 0 Å². The molecule has 0 aromatic carbocycles.